The van der Waals surface area contributed by atoms with Gasteiger partial charge in [-0.15, -0.1) is 0 Å². The van der Waals surface area contributed by atoms with Crippen LogP contribution in [0.5, 0.6) is 5.75 Å². The molecule has 0 aliphatic rings. The van der Waals surface area contributed by atoms with Crippen LogP contribution in [-0.4, -0.2) is 15.9 Å². The zero-order valence-electron chi connectivity index (χ0n) is 8.42. The molecule has 0 unspecified atom stereocenters. The maximum Gasteiger partial charge on any atom is 0.211 e. The average molecular weight is 214 g/mol. The molecule has 4 nitrogen and oxygen atoms in total. The van der Waals surface area contributed by atoms with Crippen LogP contribution in [0.1, 0.15) is 16.1 Å². The highest BCUT2D eigenvalue weighted by Gasteiger charge is 2.11. The molecule has 0 amide bonds. The number of benzene rings is 1. The molecule has 2 rings (SSSR count). The minimum absolute atomic E-state index is 0.0284. The van der Waals surface area contributed by atoms with Gasteiger partial charge < -0.3 is 10.8 Å². The Bertz CT molecular complexity index is 504. The first-order valence-corrected chi connectivity index (χ1v) is 4.72. The average Bonchev–Trinajstić information content (AvgIpc) is 2.28. The standard InChI is InChI=1S/C12H10N2O2/c13-9-5-8(6-10(15)7-9)12(16)11-3-1-2-4-14-11/h1-7,15H,13H2. The number of carbonyl (C=O) groups excluding carboxylic acids is 1. The van der Waals surface area contributed by atoms with E-state index in [2.05, 4.69) is 4.98 Å². The van der Waals surface area contributed by atoms with Crippen molar-refractivity contribution in [2.24, 2.45) is 0 Å². The summed E-state index contributed by atoms with van der Waals surface area (Å²) < 4.78 is 0. The fraction of sp³-hybridized carbons (Fsp3) is 0. The number of aromatic nitrogens is 1. The molecule has 1 heterocycles. The SMILES string of the molecule is Nc1cc(O)cc(C(=O)c2ccccn2)c1. The molecule has 0 spiro atoms. The van der Waals surface area contributed by atoms with Gasteiger partial charge in [0.15, 0.2) is 0 Å². The summed E-state index contributed by atoms with van der Waals surface area (Å²) >= 11 is 0. The summed E-state index contributed by atoms with van der Waals surface area (Å²) in [7, 11) is 0. The highest BCUT2D eigenvalue weighted by atomic mass is 16.3. The Morgan fingerprint density at radius 1 is 1.25 bits per heavy atom. The van der Waals surface area contributed by atoms with Crippen molar-refractivity contribution in [1.82, 2.24) is 4.98 Å². The number of nitrogens with zero attached hydrogens (tertiary/aromatic N) is 1. The Kier molecular flexibility index (Phi) is 2.55. The van der Waals surface area contributed by atoms with Crippen molar-refractivity contribution < 1.29 is 9.90 Å². The van der Waals surface area contributed by atoms with Crippen molar-refractivity contribution in [3.8, 4) is 5.75 Å². The van der Waals surface area contributed by atoms with Gasteiger partial charge in [0.05, 0.1) is 0 Å². The summed E-state index contributed by atoms with van der Waals surface area (Å²) in [5.74, 6) is -0.289. The molecule has 0 bridgehead atoms. The van der Waals surface area contributed by atoms with E-state index < -0.39 is 0 Å². The van der Waals surface area contributed by atoms with Crippen molar-refractivity contribution in [2.75, 3.05) is 5.73 Å². The van der Waals surface area contributed by atoms with Crippen LogP contribution in [0.25, 0.3) is 0 Å². The number of phenolic OH excluding ortho intramolecular Hbond substituents is 1. The van der Waals surface area contributed by atoms with Crippen LogP contribution in [0.15, 0.2) is 42.6 Å². The highest BCUT2D eigenvalue weighted by molar-refractivity contribution is 6.08. The smallest absolute Gasteiger partial charge is 0.211 e. The van der Waals surface area contributed by atoms with Crippen LogP contribution in [0.4, 0.5) is 5.69 Å². The van der Waals surface area contributed by atoms with Gasteiger partial charge in [0.2, 0.25) is 5.78 Å². The normalized spacial score (nSPS) is 10.0. The van der Waals surface area contributed by atoms with Crippen LogP contribution in [-0.2, 0) is 0 Å². The molecule has 0 aliphatic heterocycles. The Morgan fingerprint density at radius 2 is 2.06 bits per heavy atom. The van der Waals surface area contributed by atoms with Gasteiger partial charge in [-0.2, -0.15) is 0 Å². The van der Waals surface area contributed by atoms with Gasteiger partial charge in [0.1, 0.15) is 11.4 Å². The van der Waals surface area contributed by atoms with E-state index in [9.17, 15) is 9.90 Å². The van der Waals surface area contributed by atoms with Crippen LogP contribution in [0.3, 0.4) is 0 Å². The molecule has 0 fully saturated rings. The second-order valence-electron chi connectivity index (χ2n) is 3.36. The number of nitrogen functional groups attached to an aromatic ring is 1. The fourth-order valence-electron chi connectivity index (χ4n) is 1.41. The first-order chi connectivity index (χ1) is 7.66. The monoisotopic (exact) mass is 214 g/mol. The summed E-state index contributed by atoms with van der Waals surface area (Å²) in [6.45, 7) is 0. The number of hydrogen-bond acceptors (Lipinski definition) is 4. The van der Waals surface area contributed by atoms with Gasteiger partial charge in [0.25, 0.3) is 0 Å². The molecule has 2 aromatic rings. The molecule has 3 N–H and O–H groups in total. The van der Waals surface area contributed by atoms with E-state index in [1.807, 2.05) is 0 Å². The molecular weight excluding hydrogens is 204 g/mol. The lowest BCUT2D eigenvalue weighted by atomic mass is 10.1. The summed E-state index contributed by atoms with van der Waals surface area (Å²) in [6.07, 6.45) is 1.54. The quantitative estimate of drug-likeness (QED) is 0.588. The lowest BCUT2D eigenvalue weighted by Gasteiger charge is -2.02. The summed E-state index contributed by atoms with van der Waals surface area (Å²) in [5.41, 5.74) is 6.55. The van der Waals surface area contributed by atoms with Gasteiger partial charge in [0, 0.05) is 23.5 Å². The number of rotatable bonds is 2. The second-order valence-corrected chi connectivity index (χ2v) is 3.36. The van der Waals surface area contributed by atoms with E-state index >= 15 is 0 Å². The molecule has 0 saturated carbocycles. The first-order valence-electron chi connectivity index (χ1n) is 4.72. The van der Waals surface area contributed by atoms with Gasteiger partial charge in [-0.1, -0.05) is 6.07 Å². The van der Waals surface area contributed by atoms with Gasteiger partial charge in [-0.25, -0.2) is 0 Å². The van der Waals surface area contributed by atoms with Crippen molar-refractivity contribution in [3.63, 3.8) is 0 Å². The van der Waals surface area contributed by atoms with Crippen LogP contribution in [0, 0.1) is 0 Å². The fourth-order valence-corrected chi connectivity index (χ4v) is 1.41. The minimum atomic E-state index is -0.261. The van der Waals surface area contributed by atoms with Gasteiger partial charge >= 0.3 is 0 Å². The number of carbonyl (C=O) groups is 1. The number of anilines is 1. The summed E-state index contributed by atoms with van der Waals surface area (Å²) in [6, 6.07) is 9.34. The van der Waals surface area contributed by atoms with E-state index in [0.717, 1.165) is 0 Å². The number of hydrogen-bond donors (Lipinski definition) is 2. The Morgan fingerprint density at radius 3 is 2.69 bits per heavy atom. The highest BCUT2D eigenvalue weighted by Crippen LogP contribution is 2.19. The van der Waals surface area contributed by atoms with Gasteiger partial charge in [-0.05, 0) is 24.3 Å². The number of phenols is 1. The van der Waals surface area contributed by atoms with E-state index in [-0.39, 0.29) is 11.5 Å². The lowest BCUT2D eigenvalue weighted by molar-refractivity contribution is 0.103. The van der Waals surface area contributed by atoms with Crippen molar-refractivity contribution in [2.45, 2.75) is 0 Å². The lowest BCUT2D eigenvalue weighted by Crippen LogP contribution is -2.04. The molecule has 80 valence electrons. The first kappa shape index (κ1) is 10.2. The van der Waals surface area contributed by atoms with Crippen LogP contribution >= 0.6 is 0 Å². The predicted octanol–water partition coefficient (Wildman–Crippen LogP) is 1.60. The minimum Gasteiger partial charge on any atom is -0.508 e. The van der Waals surface area contributed by atoms with E-state index in [1.165, 1.54) is 18.2 Å². The molecule has 16 heavy (non-hydrogen) atoms. The molecule has 1 aromatic heterocycles. The number of pyridine rings is 1. The maximum absolute atomic E-state index is 11.9. The van der Waals surface area contributed by atoms with Gasteiger partial charge in [-0.3, -0.25) is 9.78 Å². The third kappa shape index (κ3) is 2.00. The summed E-state index contributed by atoms with van der Waals surface area (Å²) in [5, 5.41) is 9.34. The summed E-state index contributed by atoms with van der Waals surface area (Å²) in [4.78, 5) is 15.9. The van der Waals surface area contributed by atoms with Crippen LogP contribution < -0.4 is 5.73 Å². The maximum atomic E-state index is 11.9. The predicted molar refractivity (Wildman–Crippen MR) is 60.2 cm³/mol. The molecular formula is C12H10N2O2. The van der Waals surface area contributed by atoms with Crippen LogP contribution in [0.2, 0.25) is 0 Å². The van der Waals surface area contributed by atoms with Crippen molar-refractivity contribution in [1.29, 1.82) is 0 Å². The molecule has 4 heteroatoms. The van der Waals surface area contributed by atoms with Crippen molar-refractivity contribution >= 4 is 11.5 Å². The number of aromatic hydroxyl groups is 1. The number of ketones is 1. The molecule has 0 radical (unpaired) electrons. The second kappa shape index (κ2) is 4.02. The topological polar surface area (TPSA) is 76.2 Å². The van der Waals surface area contributed by atoms with E-state index in [4.69, 9.17) is 5.73 Å². The van der Waals surface area contributed by atoms with Crippen molar-refractivity contribution in [3.05, 3.63) is 53.9 Å². The Balaban J connectivity index is 2.42. The molecule has 1 aromatic carbocycles. The third-order valence-corrected chi connectivity index (χ3v) is 2.10. The Hall–Kier alpha value is -2.36. The third-order valence-electron chi connectivity index (χ3n) is 2.10. The molecule has 0 saturated heterocycles. The number of nitrogens with two attached hydrogens (primary N) is 1. The van der Waals surface area contributed by atoms with E-state index in [1.54, 1.807) is 24.4 Å². The zero-order chi connectivity index (χ0) is 11.5. The molecule has 0 aliphatic carbocycles. The van der Waals surface area contributed by atoms with E-state index in [0.29, 0.717) is 16.9 Å². The zero-order valence-corrected chi connectivity index (χ0v) is 8.42. The Labute approximate surface area is 92.4 Å². The largest absolute Gasteiger partial charge is 0.508 e. The molecule has 0 atom stereocenters.